The third-order valence-corrected chi connectivity index (χ3v) is 5.17. The molecule has 5 nitrogen and oxygen atoms in total. The molecule has 0 aromatic rings. The Labute approximate surface area is 126 Å². The van der Waals surface area contributed by atoms with Gasteiger partial charge in [0.2, 0.25) is 5.91 Å². The van der Waals surface area contributed by atoms with Crippen LogP contribution in [0.3, 0.4) is 0 Å². The van der Waals surface area contributed by atoms with E-state index < -0.39 is 12.0 Å². The monoisotopic (exact) mass is 296 g/mol. The average Bonchev–Trinajstić information content (AvgIpc) is 2.85. The molecule has 5 heteroatoms. The summed E-state index contributed by atoms with van der Waals surface area (Å²) in [7, 11) is 0. The molecule has 1 aliphatic carbocycles. The second kappa shape index (κ2) is 7.25. The number of aliphatic carboxylic acids is 1. The third-order valence-electron chi connectivity index (χ3n) is 5.17. The number of carboxylic acids is 1. The fourth-order valence-electron chi connectivity index (χ4n) is 3.97. The van der Waals surface area contributed by atoms with Crippen LogP contribution in [-0.2, 0) is 9.59 Å². The minimum Gasteiger partial charge on any atom is -0.480 e. The molecule has 4 atom stereocenters. The Hall–Kier alpha value is -1.10. The number of nitrogens with zero attached hydrogens (tertiary/aromatic N) is 1. The van der Waals surface area contributed by atoms with Crippen LogP contribution in [0.5, 0.6) is 0 Å². The topological polar surface area (TPSA) is 83.6 Å². The third kappa shape index (κ3) is 3.76. The highest BCUT2D eigenvalue weighted by Crippen LogP contribution is 2.40. The minimum absolute atomic E-state index is 0.0284. The zero-order valence-corrected chi connectivity index (χ0v) is 13.0. The first-order valence-corrected chi connectivity index (χ1v) is 8.28. The molecule has 120 valence electrons. The quantitative estimate of drug-likeness (QED) is 0.785. The molecule has 1 saturated carbocycles. The molecule has 2 rings (SSSR count). The Kier molecular flexibility index (Phi) is 5.62. The second-order valence-electron chi connectivity index (χ2n) is 6.72. The molecule has 1 heterocycles. The molecule has 1 amide bonds. The number of fused-ring (bicyclic) bond motifs is 1. The Balaban J connectivity index is 1.99. The van der Waals surface area contributed by atoms with Crippen LogP contribution < -0.4 is 5.73 Å². The summed E-state index contributed by atoms with van der Waals surface area (Å²) < 4.78 is 0. The summed E-state index contributed by atoms with van der Waals surface area (Å²) in [5, 5.41) is 9.43. The molecule has 0 spiro atoms. The van der Waals surface area contributed by atoms with Crippen LogP contribution in [0.1, 0.15) is 58.3 Å². The lowest BCUT2D eigenvalue weighted by molar-refractivity contribution is -0.150. The number of nitrogens with two attached hydrogens (primary N) is 1. The minimum atomic E-state index is -0.840. The van der Waals surface area contributed by atoms with Gasteiger partial charge in [0.1, 0.15) is 6.04 Å². The van der Waals surface area contributed by atoms with Gasteiger partial charge >= 0.3 is 5.97 Å². The second-order valence-corrected chi connectivity index (χ2v) is 6.72. The van der Waals surface area contributed by atoms with Crippen molar-refractivity contribution in [3.05, 3.63) is 0 Å². The molecular weight excluding hydrogens is 268 g/mol. The molecule has 0 aromatic carbocycles. The Bertz CT molecular complexity index is 386. The van der Waals surface area contributed by atoms with Crippen molar-refractivity contribution in [3.63, 3.8) is 0 Å². The molecule has 2 aliphatic rings. The lowest BCUT2D eigenvalue weighted by Crippen LogP contribution is -2.46. The number of hydrogen-bond donors (Lipinski definition) is 2. The van der Waals surface area contributed by atoms with Gasteiger partial charge in [0.05, 0.1) is 0 Å². The summed E-state index contributed by atoms with van der Waals surface area (Å²) >= 11 is 0. The molecule has 3 N–H and O–H groups in total. The van der Waals surface area contributed by atoms with Crippen LogP contribution in [0.25, 0.3) is 0 Å². The molecule has 1 saturated heterocycles. The number of carbonyl (C=O) groups excluding carboxylic acids is 1. The van der Waals surface area contributed by atoms with Gasteiger partial charge in [-0.3, -0.25) is 4.79 Å². The van der Waals surface area contributed by atoms with Crippen molar-refractivity contribution in [1.29, 1.82) is 0 Å². The Morgan fingerprint density at radius 2 is 2.00 bits per heavy atom. The van der Waals surface area contributed by atoms with Gasteiger partial charge in [-0.15, -0.1) is 0 Å². The molecule has 2 fully saturated rings. The largest absolute Gasteiger partial charge is 0.480 e. The van der Waals surface area contributed by atoms with Crippen LogP contribution in [0, 0.1) is 11.8 Å². The van der Waals surface area contributed by atoms with Crippen LogP contribution in [-0.4, -0.2) is 40.5 Å². The maximum Gasteiger partial charge on any atom is 0.326 e. The van der Waals surface area contributed by atoms with E-state index >= 15 is 0 Å². The highest BCUT2D eigenvalue weighted by molar-refractivity contribution is 5.84. The fraction of sp³-hybridized carbons (Fsp3) is 0.875. The van der Waals surface area contributed by atoms with Gasteiger partial charge in [0.25, 0.3) is 0 Å². The highest BCUT2D eigenvalue weighted by atomic mass is 16.4. The van der Waals surface area contributed by atoms with E-state index in [1.807, 2.05) is 0 Å². The van der Waals surface area contributed by atoms with Crippen LogP contribution in [0.15, 0.2) is 0 Å². The van der Waals surface area contributed by atoms with Crippen molar-refractivity contribution in [1.82, 2.24) is 4.90 Å². The first kappa shape index (κ1) is 16.3. The van der Waals surface area contributed by atoms with Gasteiger partial charge in [-0.05, 0) is 50.5 Å². The summed E-state index contributed by atoms with van der Waals surface area (Å²) in [5.41, 5.74) is 5.53. The molecule has 4 unspecified atom stereocenters. The van der Waals surface area contributed by atoms with E-state index in [1.54, 1.807) is 4.90 Å². The summed E-state index contributed by atoms with van der Waals surface area (Å²) in [6.07, 6.45) is 7.14. The fourth-order valence-corrected chi connectivity index (χ4v) is 3.97. The van der Waals surface area contributed by atoms with E-state index in [0.717, 1.165) is 32.1 Å². The zero-order chi connectivity index (χ0) is 15.4. The van der Waals surface area contributed by atoms with Gasteiger partial charge in [0.15, 0.2) is 0 Å². The number of likely N-dealkylation sites (tertiary alicyclic amines) is 1. The first-order valence-electron chi connectivity index (χ1n) is 8.28. The van der Waals surface area contributed by atoms with Gasteiger partial charge in [-0.1, -0.05) is 19.8 Å². The number of amides is 1. The standard InChI is InChI=1S/C16H28N2O3/c1-11(8-9-17)6-7-15(19)18-13-5-3-2-4-12(13)10-14(18)16(20)21/h11-14H,2-10,17H2,1H3,(H,20,21). The SMILES string of the molecule is CC(CCN)CCC(=O)N1C(C(=O)O)CC2CCCCC21. The summed E-state index contributed by atoms with van der Waals surface area (Å²) in [5.74, 6) is 0.00526. The lowest BCUT2D eigenvalue weighted by Gasteiger charge is -2.33. The summed E-state index contributed by atoms with van der Waals surface area (Å²) in [6.45, 7) is 2.74. The normalized spacial score (nSPS) is 30.0. The predicted molar refractivity (Wildman–Crippen MR) is 80.7 cm³/mol. The smallest absolute Gasteiger partial charge is 0.326 e. The van der Waals surface area contributed by atoms with Crippen molar-refractivity contribution in [2.24, 2.45) is 17.6 Å². The van der Waals surface area contributed by atoms with Crippen molar-refractivity contribution < 1.29 is 14.7 Å². The van der Waals surface area contributed by atoms with E-state index in [9.17, 15) is 14.7 Å². The molecule has 21 heavy (non-hydrogen) atoms. The molecule has 0 radical (unpaired) electrons. The van der Waals surface area contributed by atoms with E-state index in [0.29, 0.717) is 31.2 Å². The maximum absolute atomic E-state index is 12.6. The number of hydrogen-bond acceptors (Lipinski definition) is 3. The van der Waals surface area contributed by atoms with E-state index in [1.165, 1.54) is 6.42 Å². The average molecular weight is 296 g/mol. The van der Waals surface area contributed by atoms with Crippen molar-refractivity contribution >= 4 is 11.9 Å². The van der Waals surface area contributed by atoms with Crippen molar-refractivity contribution in [2.75, 3.05) is 6.54 Å². The number of rotatable bonds is 6. The molecule has 0 bridgehead atoms. The van der Waals surface area contributed by atoms with E-state index in [4.69, 9.17) is 5.73 Å². The van der Waals surface area contributed by atoms with Crippen LogP contribution in [0.4, 0.5) is 0 Å². The van der Waals surface area contributed by atoms with Crippen molar-refractivity contribution in [3.8, 4) is 0 Å². The molecule has 0 aromatic heterocycles. The van der Waals surface area contributed by atoms with Gasteiger partial charge in [-0.25, -0.2) is 4.79 Å². The zero-order valence-electron chi connectivity index (χ0n) is 13.0. The summed E-state index contributed by atoms with van der Waals surface area (Å²) in [4.78, 5) is 25.8. The lowest BCUT2D eigenvalue weighted by atomic mass is 9.84. The molecular formula is C16H28N2O3. The van der Waals surface area contributed by atoms with Crippen molar-refractivity contribution in [2.45, 2.75) is 70.4 Å². The Morgan fingerprint density at radius 1 is 1.29 bits per heavy atom. The van der Waals surface area contributed by atoms with Gasteiger partial charge in [0, 0.05) is 12.5 Å². The molecule has 1 aliphatic heterocycles. The maximum atomic E-state index is 12.6. The van der Waals surface area contributed by atoms with Gasteiger partial charge < -0.3 is 15.7 Å². The van der Waals surface area contributed by atoms with Gasteiger partial charge in [-0.2, -0.15) is 0 Å². The number of carboxylic acid groups (broad SMARTS) is 1. The predicted octanol–water partition coefficient (Wildman–Crippen LogP) is 2.00. The summed E-state index contributed by atoms with van der Waals surface area (Å²) in [6, 6.07) is -0.437. The Morgan fingerprint density at radius 3 is 2.67 bits per heavy atom. The number of carbonyl (C=O) groups is 2. The van der Waals surface area contributed by atoms with Crippen LogP contribution in [0.2, 0.25) is 0 Å². The van der Waals surface area contributed by atoms with Crippen LogP contribution >= 0.6 is 0 Å². The first-order chi connectivity index (χ1) is 10.0. The van der Waals surface area contributed by atoms with E-state index in [2.05, 4.69) is 6.92 Å². The highest BCUT2D eigenvalue weighted by Gasteiger charge is 2.47. The van der Waals surface area contributed by atoms with E-state index in [-0.39, 0.29) is 11.9 Å².